The summed E-state index contributed by atoms with van der Waals surface area (Å²) in [6, 6.07) is 8.75. The van der Waals surface area contributed by atoms with E-state index in [4.69, 9.17) is 18.9 Å². The van der Waals surface area contributed by atoms with Crippen LogP contribution in [0.4, 0.5) is 11.4 Å². The average molecular weight is 386 g/mol. The summed E-state index contributed by atoms with van der Waals surface area (Å²) in [5.74, 6) is 1.80. The van der Waals surface area contributed by atoms with Gasteiger partial charge < -0.3 is 29.6 Å². The first-order valence-corrected chi connectivity index (χ1v) is 8.69. The van der Waals surface area contributed by atoms with E-state index < -0.39 is 0 Å². The monoisotopic (exact) mass is 386 g/mol. The van der Waals surface area contributed by atoms with Crippen LogP contribution in [0.2, 0.25) is 0 Å². The third-order valence-corrected chi connectivity index (χ3v) is 4.26. The van der Waals surface area contributed by atoms with Crippen LogP contribution in [0.5, 0.6) is 23.0 Å². The van der Waals surface area contributed by atoms with E-state index in [1.165, 1.54) is 0 Å². The number of fused-ring (bicyclic) bond motifs is 1. The second kappa shape index (κ2) is 8.51. The van der Waals surface area contributed by atoms with Crippen molar-refractivity contribution in [1.29, 1.82) is 0 Å². The van der Waals surface area contributed by atoms with Crippen LogP contribution >= 0.6 is 0 Å². The summed E-state index contributed by atoms with van der Waals surface area (Å²) >= 11 is 0. The van der Waals surface area contributed by atoms with E-state index in [1.54, 1.807) is 39.5 Å². The van der Waals surface area contributed by atoms with Crippen molar-refractivity contribution in [1.82, 2.24) is 0 Å². The van der Waals surface area contributed by atoms with Crippen molar-refractivity contribution in [3.05, 3.63) is 35.9 Å². The first kappa shape index (κ1) is 19.3. The van der Waals surface area contributed by atoms with Gasteiger partial charge in [-0.05, 0) is 42.3 Å². The number of ether oxygens (including phenoxy) is 4. The van der Waals surface area contributed by atoms with Gasteiger partial charge in [0.05, 0.1) is 27.0 Å². The third-order valence-electron chi connectivity index (χ3n) is 4.26. The Bertz CT molecular complexity index is 871. The van der Waals surface area contributed by atoms with Crippen LogP contribution in [0, 0.1) is 0 Å². The fourth-order valence-electron chi connectivity index (χ4n) is 2.92. The fraction of sp³-hybridized carbons (Fsp3) is 0.300. The molecule has 1 aliphatic heterocycles. The number of hydrogen-bond donors (Lipinski definition) is 2. The summed E-state index contributed by atoms with van der Waals surface area (Å²) in [4.78, 5) is 23.7. The number of amides is 2. The maximum Gasteiger partial charge on any atom is 0.262 e. The van der Waals surface area contributed by atoms with E-state index in [2.05, 4.69) is 10.6 Å². The van der Waals surface area contributed by atoms with Crippen molar-refractivity contribution in [3.8, 4) is 23.0 Å². The summed E-state index contributed by atoms with van der Waals surface area (Å²) < 4.78 is 21.3. The zero-order valence-electron chi connectivity index (χ0n) is 16.0. The van der Waals surface area contributed by atoms with Crippen molar-refractivity contribution in [2.24, 2.45) is 0 Å². The van der Waals surface area contributed by atoms with Crippen molar-refractivity contribution < 1.29 is 28.5 Å². The molecule has 1 aliphatic rings. The van der Waals surface area contributed by atoms with Gasteiger partial charge in [-0.15, -0.1) is 0 Å². The molecule has 0 aromatic heterocycles. The van der Waals surface area contributed by atoms with Gasteiger partial charge in [0.2, 0.25) is 11.7 Å². The zero-order valence-corrected chi connectivity index (χ0v) is 16.0. The lowest BCUT2D eigenvalue weighted by atomic mass is 10.1. The minimum Gasteiger partial charge on any atom is -0.493 e. The molecule has 0 saturated heterocycles. The van der Waals surface area contributed by atoms with E-state index in [9.17, 15) is 9.59 Å². The highest BCUT2D eigenvalue weighted by Crippen LogP contribution is 2.38. The molecule has 0 radical (unpaired) electrons. The maximum atomic E-state index is 12.3. The third kappa shape index (κ3) is 4.28. The number of hydrogen-bond acceptors (Lipinski definition) is 6. The minimum atomic E-state index is -0.224. The Kier molecular flexibility index (Phi) is 5.88. The standard InChI is InChI=1S/C20H22N2O6/c1-25-16-8-12(9-17(26-2)20(16)27-3)4-7-18(23)21-13-5-6-15-14(10-13)22-19(24)11-28-15/h5-6,8-10H,4,7,11H2,1-3H3,(H,21,23)(H,22,24). The van der Waals surface area contributed by atoms with Crippen LogP contribution in [-0.2, 0) is 16.0 Å². The van der Waals surface area contributed by atoms with Crippen molar-refractivity contribution in [2.45, 2.75) is 12.8 Å². The van der Waals surface area contributed by atoms with Gasteiger partial charge in [-0.2, -0.15) is 0 Å². The molecule has 0 saturated carbocycles. The molecule has 148 valence electrons. The van der Waals surface area contributed by atoms with Crippen molar-refractivity contribution >= 4 is 23.2 Å². The number of rotatable bonds is 7. The SMILES string of the molecule is COc1cc(CCC(=O)Nc2ccc3c(c2)NC(=O)CO3)cc(OC)c1OC. The molecule has 2 aromatic rings. The van der Waals surface area contributed by atoms with E-state index in [0.717, 1.165) is 5.56 Å². The largest absolute Gasteiger partial charge is 0.493 e. The summed E-state index contributed by atoms with van der Waals surface area (Å²) in [6.07, 6.45) is 0.756. The molecule has 0 atom stereocenters. The predicted molar refractivity (Wildman–Crippen MR) is 104 cm³/mol. The van der Waals surface area contributed by atoms with E-state index in [0.29, 0.717) is 40.8 Å². The summed E-state index contributed by atoms with van der Waals surface area (Å²) in [7, 11) is 4.64. The molecule has 8 heteroatoms. The van der Waals surface area contributed by atoms with Crippen molar-refractivity contribution in [2.75, 3.05) is 38.6 Å². The van der Waals surface area contributed by atoms with Gasteiger partial charge in [-0.25, -0.2) is 0 Å². The maximum absolute atomic E-state index is 12.3. The highest BCUT2D eigenvalue weighted by molar-refractivity contribution is 5.97. The summed E-state index contributed by atoms with van der Waals surface area (Å²) in [5, 5.41) is 5.54. The number of methoxy groups -OCH3 is 3. The van der Waals surface area contributed by atoms with Crippen LogP contribution in [0.1, 0.15) is 12.0 Å². The van der Waals surface area contributed by atoms with Crippen LogP contribution in [-0.4, -0.2) is 39.8 Å². The lowest BCUT2D eigenvalue weighted by Gasteiger charge is -2.18. The Morgan fingerprint density at radius 1 is 1.11 bits per heavy atom. The molecule has 3 rings (SSSR count). The molecule has 0 fully saturated rings. The molecule has 2 N–H and O–H groups in total. The Labute approximate surface area is 162 Å². The number of anilines is 2. The Balaban J connectivity index is 1.65. The molecule has 0 aliphatic carbocycles. The molecule has 28 heavy (non-hydrogen) atoms. The summed E-state index contributed by atoms with van der Waals surface area (Å²) in [6.45, 7) is -0.00646. The highest BCUT2D eigenvalue weighted by Gasteiger charge is 2.17. The minimum absolute atomic E-state index is 0.00646. The van der Waals surface area contributed by atoms with Gasteiger partial charge in [-0.1, -0.05) is 0 Å². The van der Waals surface area contributed by atoms with E-state index >= 15 is 0 Å². The molecule has 0 unspecified atom stereocenters. The Hall–Kier alpha value is -3.42. The lowest BCUT2D eigenvalue weighted by Crippen LogP contribution is -2.25. The topological polar surface area (TPSA) is 95.1 Å². The first-order chi connectivity index (χ1) is 13.5. The molecule has 1 heterocycles. The number of aryl methyl sites for hydroxylation is 1. The second-order valence-electron chi connectivity index (χ2n) is 6.13. The Morgan fingerprint density at radius 2 is 1.82 bits per heavy atom. The predicted octanol–water partition coefficient (Wildman–Crippen LogP) is 2.61. The van der Waals surface area contributed by atoms with E-state index in [1.807, 2.05) is 12.1 Å². The van der Waals surface area contributed by atoms with Gasteiger partial charge in [0, 0.05) is 12.1 Å². The fourth-order valence-corrected chi connectivity index (χ4v) is 2.92. The van der Waals surface area contributed by atoms with Gasteiger partial charge in [-0.3, -0.25) is 9.59 Å². The number of carbonyl (C=O) groups excluding carboxylic acids is 2. The molecule has 8 nitrogen and oxygen atoms in total. The van der Waals surface area contributed by atoms with Gasteiger partial charge in [0.25, 0.3) is 5.91 Å². The first-order valence-electron chi connectivity index (χ1n) is 8.69. The zero-order chi connectivity index (χ0) is 20.1. The Morgan fingerprint density at radius 3 is 2.46 bits per heavy atom. The van der Waals surface area contributed by atoms with Crippen LogP contribution in [0.25, 0.3) is 0 Å². The van der Waals surface area contributed by atoms with Gasteiger partial charge in [0.15, 0.2) is 18.1 Å². The van der Waals surface area contributed by atoms with Gasteiger partial charge in [0.1, 0.15) is 5.75 Å². The lowest BCUT2D eigenvalue weighted by molar-refractivity contribution is -0.118. The molecular weight excluding hydrogens is 364 g/mol. The number of benzene rings is 2. The normalized spacial score (nSPS) is 12.3. The molecule has 2 amide bonds. The molecule has 0 bridgehead atoms. The van der Waals surface area contributed by atoms with Crippen molar-refractivity contribution in [3.63, 3.8) is 0 Å². The number of nitrogens with one attached hydrogen (secondary N) is 2. The second-order valence-corrected chi connectivity index (χ2v) is 6.13. The highest BCUT2D eigenvalue weighted by atomic mass is 16.5. The average Bonchev–Trinajstić information content (AvgIpc) is 2.71. The van der Waals surface area contributed by atoms with Crippen LogP contribution in [0.15, 0.2) is 30.3 Å². The molecule has 0 spiro atoms. The molecular formula is C20H22N2O6. The van der Waals surface area contributed by atoms with E-state index in [-0.39, 0.29) is 24.8 Å². The van der Waals surface area contributed by atoms with Crippen LogP contribution in [0.3, 0.4) is 0 Å². The smallest absolute Gasteiger partial charge is 0.262 e. The van der Waals surface area contributed by atoms with Gasteiger partial charge >= 0.3 is 0 Å². The van der Waals surface area contributed by atoms with Crippen LogP contribution < -0.4 is 29.6 Å². The quantitative estimate of drug-likeness (QED) is 0.760. The molecule has 2 aromatic carbocycles. The summed E-state index contributed by atoms with van der Waals surface area (Å²) in [5.41, 5.74) is 2.01. The number of carbonyl (C=O) groups is 2.